The molecule has 0 amide bonds. The van der Waals surface area contributed by atoms with E-state index in [0.29, 0.717) is 0 Å². The number of pyridine rings is 1. The minimum Gasteiger partial charge on any atom is -0.433 e. The molecule has 0 spiro atoms. The van der Waals surface area contributed by atoms with Crippen LogP contribution in [-0.2, 0) is 0 Å². The van der Waals surface area contributed by atoms with Gasteiger partial charge in [0.05, 0.1) is 17.6 Å². The Balaban J connectivity index is 2.78. The third-order valence-electron chi connectivity index (χ3n) is 1.55. The molecular formula is C8H14BN3O. The van der Waals surface area contributed by atoms with Gasteiger partial charge in [0.15, 0.2) is 0 Å². The molecule has 13 heavy (non-hydrogen) atoms. The lowest BCUT2D eigenvalue weighted by Crippen LogP contribution is -2.20. The summed E-state index contributed by atoms with van der Waals surface area (Å²) in [6.07, 6.45) is 3.42. The van der Waals surface area contributed by atoms with Gasteiger partial charge in [0, 0.05) is 12.7 Å². The number of nitrogens with one attached hydrogen (secondary N) is 2. The summed E-state index contributed by atoms with van der Waals surface area (Å²) in [6.45, 7) is 4.52. The van der Waals surface area contributed by atoms with Crippen molar-refractivity contribution in [1.82, 2.24) is 4.98 Å². The molecule has 1 aromatic heterocycles. The average molecular weight is 179 g/mol. The van der Waals surface area contributed by atoms with E-state index in [4.69, 9.17) is 5.02 Å². The Kier molecular flexibility index (Phi) is 3.58. The predicted octanol–water partition coefficient (Wildman–Crippen LogP) is 1.04. The molecule has 70 valence electrons. The minimum atomic E-state index is -0.556. The first-order chi connectivity index (χ1) is 6.24. The van der Waals surface area contributed by atoms with Crippen LogP contribution in [-0.4, -0.2) is 23.6 Å². The quantitative estimate of drug-likeness (QED) is 0.604. The number of hydrogen-bond acceptors (Lipinski definition) is 4. The van der Waals surface area contributed by atoms with E-state index < -0.39 is 7.05 Å². The van der Waals surface area contributed by atoms with Crippen molar-refractivity contribution in [3.63, 3.8) is 0 Å². The molecule has 0 saturated heterocycles. The van der Waals surface area contributed by atoms with E-state index >= 15 is 0 Å². The largest absolute Gasteiger partial charge is 0.433 e. The van der Waals surface area contributed by atoms with Crippen molar-refractivity contribution in [1.29, 1.82) is 0 Å². The maximum atomic E-state index is 9.14. The average Bonchev–Trinajstić information content (AvgIpc) is 2.08. The molecule has 0 aliphatic carbocycles. The summed E-state index contributed by atoms with van der Waals surface area (Å²) < 4.78 is 0. The molecule has 0 bridgehead atoms. The number of nitrogens with zero attached hydrogens (tertiary/aromatic N) is 1. The van der Waals surface area contributed by atoms with Crippen molar-refractivity contribution in [3.05, 3.63) is 18.5 Å². The second-order valence-corrected chi connectivity index (χ2v) is 2.77. The molecule has 4 nitrogen and oxygen atoms in total. The van der Waals surface area contributed by atoms with Gasteiger partial charge in [-0.1, -0.05) is 0 Å². The van der Waals surface area contributed by atoms with E-state index in [1.54, 1.807) is 19.2 Å². The molecule has 0 aliphatic heterocycles. The lowest BCUT2D eigenvalue weighted by molar-refractivity contribution is 0.587. The number of anilines is 2. The molecule has 5 heteroatoms. The van der Waals surface area contributed by atoms with Gasteiger partial charge in [-0.05, 0) is 19.8 Å². The molecule has 0 aromatic carbocycles. The molecule has 0 fully saturated rings. The SMILES string of the molecule is CCNc1cnccc1NB(C)O. The predicted molar refractivity (Wildman–Crippen MR) is 55.9 cm³/mol. The van der Waals surface area contributed by atoms with Crippen molar-refractivity contribution in [2.45, 2.75) is 13.7 Å². The standard InChI is InChI=1S/C8H14BN3O/c1-3-11-8-6-10-5-4-7(8)12-9(2)13/h4-6,11,13H,3H2,1-2H3,(H,10,12). The van der Waals surface area contributed by atoms with Gasteiger partial charge in [0.25, 0.3) is 0 Å². The summed E-state index contributed by atoms with van der Waals surface area (Å²) in [6, 6.07) is 1.82. The van der Waals surface area contributed by atoms with Gasteiger partial charge in [0.2, 0.25) is 0 Å². The van der Waals surface area contributed by atoms with Gasteiger partial charge in [-0.25, -0.2) is 0 Å². The van der Waals surface area contributed by atoms with Gasteiger partial charge in [-0.15, -0.1) is 0 Å². The Morgan fingerprint density at radius 3 is 2.92 bits per heavy atom. The van der Waals surface area contributed by atoms with Crippen LogP contribution in [0.5, 0.6) is 0 Å². The Bertz CT molecular complexity index is 267. The van der Waals surface area contributed by atoms with E-state index in [2.05, 4.69) is 15.5 Å². The Hall–Kier alpha value is -1.23. The molecule has 0 unspecified atom stereocenters. The fraction of sp³-hybridized carbons (Fsp3) is 0.375. The van der Waals surface area contributed by atoms with Crippen molar-refractivity contribution in [3.8, 4) is 0 Å². The minimum absolute atomic E-state index is 0.556. The maximum absolute atomic E-state index is 9.14. The fourth-order valence-electron chi connectivity index (χ4n) is 1.08. The van der Waals surface area contributed by atoms with Crippen LogP contribution in [0.2, 0.25) is 6.82 Å². The second kappa shape index (κ2) is 4.72. The van der Waals surface area contributed by atoms with Crippen molar-refractivity contribution in [2.24, 2.45) is 0 Å². The van der Waals surface area contributed by atoms with Crippen LogP contribution in [0, 0.1) is 0 Å². The first-order valence-corrected chi connectivity index (χ1v) is 4.36. The smallest absolute Gasteiger partial charge is 0.406 e. The summed E-state index contributed by atoms with van der Waals surface area (Å²) >= 11 is 0. The van der Waals surface area contributed by atoms with E-state index in [1.165, 1.54) is 0 Å². The number of hydrogen-bond donors (Lipinski definition) is 3. The van der Waals surface area contributed by atoms with Crippen LogP contribution in [0.4, 0.5) is 11.4 Å². The molecule has 0 saturated carbocycles. The zero-order valence-corrected chi connectivity index (χ0v) is 7.91. The Labute approximate surface area is 78.5 Å². The molecule has 0 radical (unpaired) electrons. The highest BCUT2D eigenvalue weighted by molar-refractivity contribution is 6.53. The molecule has 1 rings (SSSR count). The van der Waals surface area contributed by atoms with E-state index in [9.17, 15) is 0 Å². The third kappa shape index (κ3) is 2.95. The lowest BCUT2D eigenvalue weighted by atomic mass is 9.88. The monoisotopic (exact) mass is 179 g/mol. The van der Waals surface area contributed by atoms with Gasteiger partial charge < -0.3 is 15.6 Å². The van der Waals surface area contributed by atoms with Crippen LogP contribution in [0.3, 0.4) is 0 Å². The maximum Gasteiger partial charge on any atom is 0.406 e. The molecule has 3 N–H and O–H groups in total. The van der Waals surface area contributed by atoms with Crippen LogP contribution >= 0.6 is 0 Å². The summed E-state index contributed by atoms with van der Waals surface area (Å²) in [4.78, 5) is 3.99. The summed E-state index contributed by atoms with van der Waals surface area (Å²) in [5.74, 6) is 0. The van der Waals surface area contributed by atoms with Crippen LogP contribution in [0.1, 0.15) is 6.92 Å². The summed E-state index contributed by atoms with van der Waals surface area (Å²) in [5.41, 5.74) is 1.78. The molecule has 1 aromatic rings. The van der Waals surface area contributed by atoms with Crippen LogP contribution < -0.4 is 10.5 Å². The highest BCUT2D eigenvalue weighted by atomic mass is 16.2. The third-order valence-corrected chi connectivity index (χ3v) is 1.55. The van der Waals surface area contributed by atoms with Crippen molar-refractivity contribution >= 4 is 18.4 Å². The van der Waals surface area contributed by atoms with E-state index in [-0.39, 0.29) is 0 Å². The van der Waals surface area contributed by atoms with E-state index in [1.807, 2.05) is 13.0 Å². The first-order valence-electron chi connectivity index (χ1n) is 4.36. The molecular weight excluding hydrogens is 165 g/mol. The van der Waals surface area contributed by atoms with E-state index in [0.717, 1.165) is 17.9 Å². The Morgan fingerprint density at radius 2 is 2.31 bits per heavy atom. The Morgan fingerprint density at radius 1 is 1.54 bits per heavy atom. The normalized spacial score (nSPS) is 9.46. The van der Waals surface area contributed by atoms with Gasteiger partial charge in [-0.2, -0.15) is 0 Å². The van der Waals surface area contributed by atoms with Crippen molar-refractivity contribution in [2.75, 3.05) is 17.1 Å². The number of aromatic nitrogens is 1. The lowest BCUT2D eigenvalue weighted by Gasteiger charge is -2.11. The van der Waals surface area contributed by atoms with Gasteiger partial charge in [0.1, 0.15) is 0 Å². The molecule has 1 heterocycles. The molecule has 0 aliphatic rings. The first kappa shape index (κ1) is 9.86. The van der Waals surface area contributed by atoms with Crippen LogP contribution in [0.15, 0.2) is 18.5 Å². The van der Waals surface area contributed by atoms with Gasteiger partial charge >= 0.3 is 7.05 Å². The van der Waals surface area contributed by atoms with Crippen molar-refractivity contribution < 1.29 is 5.02 Å². The van der Waals surface area contributed by atoms with Crippen LogP contribution in [0.25, 0.3) is 0 Å². The highest BCUT2D eigenvalue weighted by Crippen LogP contribution is 2.18. The topological polar surface area (TPSA) is 57.2 Å². The second-order valence-electron chi connectivity index (χ2n) is 2.77. The highest BCUT2D eigenvalue weighted by Gasteiger charge is 2.05. The zero-order chi connectivity index (χ0) is 9.68. The number of rotatable bonds is 4. The zero-order valence-electron chi connectivity index (χ0n) is 7.91. The summed E-state index contributed by atoms with van der Waals surface area (Å²) in [7, 11) is -0.556. The van der Waals surface area contributed by atoms with Gasteiger partial charge in [-0.3, -0.25) is 4.98 Å². The summed E-state index contributed by atoms with van der Waals surface area (Å²) in [5, 5.41) is 15.2. The fourth-order valence-corrected chi connectivity index (χ4v) is 1.08. The molecule has 0 atom stereocenters.